The highest BCUT2D eigenvalue weighted by atomic mass is 16.5. The summed E-state index contributed by atoms with van der Waals surface area (Å²) in [4.78, 5) is 16.8. The third-order valence-electron chi connectivity index (χ3n) is 4.75. The van der Waals surface area contributed by atoms with E-state index in [1.807, 2.05) is 50.2 Å². The maximum atomic E-state index is 12.2. The van der Waals surface area contributed by atoms with Gasteiger partial charge in [0.25, 0.3) is 5.91 Å². The number of hydrogen-bond donors (Lipinski definition) is 1. The minimum atomic E-state index is -0.311. The molecule has 2 aromatic heterocycles. The molecule has 0 fully saturated rings. The predicted molar refractivity (Wildman–Crippen MR) is 120 cm³/mol. The van der Waals surface area contributed by atoms with Crippen molar-refractivity contribution in [3.63, 3.8) is 0 Å². The van der Waals surface area contributed by atoms with E-state index in [1.54, 1.807) is 28.9 Å². The van der Waals surface area contributed by atoms with Gasteiger partial charge >= 0.3 is 6.01 Å². The third-order valence-corrected chi connectivity index (χ3v) is 4.75. The van der Waals surface area contributed by atoms with Crippen molar-refractivity contribution in [3.05, 3.63) is 78.3 Å². The van der Waals surface area contributed by atoms with Crippen LogP contribution in [0, 0.1) is 6.92 Å². The van der Waals surface area contributed by atoms with Gasteiger partial charge in [0.15, 0.2) is 11.6 Å². The highest BCUT2D eigenvalue weighted by molar-refractivity contribution is 6.02. The number of carbonyl (C=O) groups is 1. The molecule has 4 rings (SSSR count). The van der Waals surface area contributed by atoms with E-state index in [0.717, 1.165) is 16.8 Å². The molecule has 0 spiro atoms. The molecule has 0 radical (unpaired) electrons. The number of furan rings is 1. The van der Waals surface area contributed by atoms with Crippen LogP contribution in [-0.4, -0.2) is 40.5 Å². The van der Waals surface area contributed by atoms with Crippen molar-refractivity contribution in [1.82, 2.24) is 14.8 Å². The molecule has 2 heterocycles. The molecule has 0 saturated carbocycles. The van der Waals surface area contributed by atoms with Crippen LogP contribution in [0.1, 0.15) is 23.0 Å². The van der Waals surface area contributed by atoms with Gasteiger partial charge in [-0.25, -0.2) is 4.68 Å². The molecule has 8 nitrogen and oxygen atoms in total. The van der Waals surface area contributed by atoms with Gasteiger partial charge in [0, 0.05) is 17.9 Å². The number of aromatic nitrogens is 3. The van der Waals surface area contributed by atoms with Crippen molar-refractivity contribution in [2.45, 2.75) is 13.8 Å². The molecule has 4 aromatic rings. The smallest absolute Gasteiger partial charge is 0.336 e. The van der Waals surface area contributed by atoms with Crippen LogP contribution in [0.4, 0.5) is 5.69 Å². The number of benzene rings is 2. The van der Waals surface area contributed by atoms with E-state index < -0.39 is 0 Å². The Labute approximate surface area is 185 Å². The Kier molecular flexibility index (Phi) is 6.62. The minimum Gasteiger partial charge on any atom is -0.460 e. The maximum Gasteiger partial charge on any atom is 0.336 e. The predicted octanol–water partition coefficient (Wildman–Crippen LogP) is 4.50. The molecule has 0 aliphatic carbocycles. The van der Waals surface area contributed by atoms with Crippen LogP contribution in [0.3, 0.4) is 0 Å². The second kappa shape index (κ2) is 9.93. The first-order valence-corrected chi connectivity index (χ1v) is 10.3. The van der Waals surface area contributed by atoms with E-state index in [-0.39, 0.29) is 17.7 Å². The molecule has 2 aromatic carbocycles. The van der Waals surface area contributed by atoms with Gasteiger partial charge in [-0.1, -0.05) is 24.3 Å². The van der Waals surface area contributed by atoms with Crippen molar-refractivity contribution in [1.29, 1.82) is 0 Å². The lowest BCUT2D eigenvalue weighted by Crippen LogP contribution is -2.11. The molecule has 0 bridgehead atoms. The molecule has 0 aliphatic rings. The quantitative estimate of drug-likeness (QED) is 0.392. The summed E-state index contributed by atoms with van der Waals surface area (Å²) in [5.41, 5.74) is 3.45. The van der Waals surface area contributed by atoms with Crippen LogP contribution in [0.25, 0.3) is 17.1 Å². The molecule has 32 heavy (non-hydrogen) atoms. The van der Waals surface area contributed by atoms with Gasteiger partial charge in [-0.3, -0.25) is 4.79 Å². The molecule has 0 unspecified atom stereocenters. The maximum absolute atomic E-state index is 12.2. The van der Waals surface area contributed by atoms with Gasteiger partial charge in [0.2, 0.25) is 0 Å². The topological polar surface area (TPSA) is 91.4 Å². The van der Waals surface area contributed by atoms with Crippen molar-refractivity contribution in [3.8, 4) is 23.1 Å². The van der Waals surface area contributed by atoms with Gasteiger partial charge < -0.3 is 19.2 Å². The second-order valence-electron chi connectivity index (χ2n) is 6.97. The van der Waals surface area contributed by atoms with Gasteiger partial charge in [-0.2, -0.15) is 4.98 Å². The summed E-state index contributed by atoms with van der Waals surface area (Å²) in [6.07, 6.45) is 1.46. The molecule has 1 N–H and O–H groups in total. The van der Waals surface area contributed by atoms with Crippen LogP contribution in [-0.2, 0) is 4.74 Å². The summed E-state index contributed by atoms with van der Waals surface area (Å²) in [5.74, 6) is 0.608. The zero-order valence-electron chi connectivity index (χ0n) is 17.9. The molecule has 164 valence electrons. The normalized spacial score (nSPS) is 10.8. The van der Waals surface area contributed by atoms with Crippen LogP contribution in [0.15, 0.2) is 71.3 Å². The van der Waals surface area contributed by atoms with Crippen molar-refractivity contribution < 1.29 is 18.7 Å². The van der Waals surface area contributed by atoms with E-state index in [9.17, 15) is 4.79 Å². The Bertz CT molecular complexity index is 1170. The van der Waals surface area contributed by atoms with E-state index in [2.05, 4.69) is 15.4 Å². The van der Waals surface area contributed by atoms with Crippen molar-refractivity contribution in [2.24, 2.45) is 0 Å². The Morgan fingerprint density at radius 2 is 1.88 bits per heavy atom. The Morgan fingerprint density at radius 1 is 1.06 bits per heavy atom. The number of rotatable bonds is 9. The minimum absolute atomic E-state index is 0.251. The first kappa shape index (κ1) is 21.3. The number of nitrogens with zero attached hydrogens (tertiary/aromatic N) is 3. The van der Waals surface area contributed by atoms with Gasteiger partial charge in [-0.05, 0) is 55.8 Å². The van der Waals surface area contributed by atoms with Gasteiger partial charge in [-0.15, -0.1) is 5.10 Å². The first-order chi connectivity index (χ1) is 15.7. The van der Waals surface area contributed by atoms with E-state index >= 15 is 0 Å². The first-order valence-electron chi connectivity index (χ1n) is 10.3. The summed E-state index contributed by atoms with van der Waals surface area (Å²) in [6.45, 7) is 5.42. The largest absolute Gasteiger partial charge is 0.460 e. The summed E-state index contributed by atoms with van der Waals surface area (Å²) >= 11 is 0. The molecule has 0 saturated heterocycles. The van der Waals surface area contributed by atoms with Crippen LogP contribution < -0.4 is 10.1 Å². The molecule has 1 amide bonds. The fraction of sp³-hybridized carbons (Fsp3) is 0.208. The molecule has 8 heteroatoms. The SMILES string of the molecule is CCOCCOc1nc(-c2ccccc2C)n(-c2ccc(NC(=O)c3ccco3)cc2)n1. The average molecular weight is 432 g/mol. The monoisotopic (exact) mass is 432 g/mol. The van der Waals surface area contributed by atoms with Gasteiger partial charge in [0.05, 0.1) is 18.6 Å². The number of amides is 1. The van der Waals surface area contributed by atoms with E-state index in [1.165, 1.54) is 6.26 Å². The molecule has 0 atom stereocenters. The number of anilines is 1. The number of hydrogen-bond acceptors (Lipinski definition) is 6. The van der Waals surface area contributed by atoms with Crippen LogP contribution in [0.2, 0.25) is 0 Å². The summed E-state index contributed by atoms with van der Waals surface area (Å²) < 4.78 is 17.9. The number of aryl methyl sites for hydroxylation is 1. The van der Waals surface area contributed by atoms with E-state index in [4.69, 9.17) is 13.9 Å². The Hall–Kier alpha value is -3.91. The summed E-state index contributed by atoms with van der Waals surface area (Å²) in [7, 11) is 0. The average Bonchev–Trinajstić information content (AvgIpc) is 3.48. The highest BCUT2D eigenvalue weighted by Gasteiger charge is 2.17. The van der Waals surface area contributed by atoms with Crippen LogP contribution in [0.5, 0.6) is 6.01 Å². The number of carbonyl (C=O) groups excluding carboxylic acids is 1. The molecular weight excluding hydrogens is 408 g/mol. The molecule has 0 aliphatic heterocycles. The third kappa shape index (κ3) is 4.87. The number of ether oxygens (including phenoxy) is 2. The van der Waals surface area contributed by atoms with Gasteiger partial charge in [0.1, 0.15) is 6.61 Å². The zero-order chi connectivity index (χ0) is 22.3. The second-order valence-corrected chi connectivity index (χ2v) is 6.97. The lowest BCUT2D eigenvalue weighted by molar-refractivity contribution is 0.0996. The van der Waals surface area contributed by atoms with Crippen LogP contribution >= 0.6 is 0 Å². The molecular formula is C24H24N4O4. The lowest BCUT2D eigenvalue weighted by atomic mass is 10.1. The van der Waals surface area contributed by atoms with Crippen molar-refractivity contribution in [2.75, 3.05) is 25.1 Å². The highest BCUT2D eigenvalue weighted by Crippen LogP contribution is 2.27. The standard InChI is InChI=1S/C24H24N4O4/c1-3-30-15-16-32-24-26-22(20-8-5-4-7-17(20)2)28(27-24)19-12-10-18(11-13-19)25-23(29)21-9-6-14-31-21/h4-14H,3,15-16H2,1-2H3,(H,25,29). The summed E-state index contributed by atoms with van der Waals surface area (Å²) in [6, 6.07) is 18.8. The lowest BCUT2D eigenvalue weighted by Gasteiger charge is -2.09. The fourth-order valence-electron chi connectivity index (χ4n) is 3.16. The zero-order valence-corrected chi connectivity index (χ0v) is 17.9. The fourth-order valence-corrected chi connectivity index (χ4v) is 3.16. The number of nitrogens with one attached hydrogen (secondary N) is 1. The Balaban J connectivity index is 1.60. The Morgan fingerprint density at radius 3 is 2.59 bits per heavy atom. The van der Waals surface area contributed by atoms with E-state index in [0.29, 0.717) is 31.3 Å². The summed E-state index contributed by atoms with van der Waals surface area (Å²) in [5, 5.41) is 7.36. The van der Waals surface area contributed by atoms with Crippen molar-refractivity contribution >= 4 is 11.6 Å².